The van der Waals surface area contributed by atoms with Crippen LogP contribution in [0.15, 0.2) is 28.7 Å². The predicted octanol–water partition coefficient (Wildman–Crippen LogP) is 4.49. The quantitative estimate of drug-likeness (QED) is 0.668. The van der Waals surface area contributed by atoms with Gasteiger partial charge >= 0.3 is 0 Å². The summed E-state index contributed by atoms with van der Waals surface area (Å²) in [5, 5.41) is 0. The summed E-state index contributed by atoms with van der Waals surface area (Å²) < 4.78 is 1.06. The molecule has 0 aliphatic rings. The summed E-state index contributed by atoms with van der Waals surface area (Å²) >= 11 is 3.40. The molecule has 0 N–H and O–H groups in total. The van der Waals surface area contributed by atoms with Crippen LogP contribution in [0.3, 0.4) is 0 Å². The summed E-state index contributed by atoms with van der Waals surface area (Å²) in [6, 6.07) is 7.97. The highest BCUT2D eigenvalue weighted by Crippen LogP contribution is 2.37. The van der Waals surface area contributed by atoms with E-state index in [0.29, 0.717) is 0 Å². The van der Waals surface area contributed by atoms with Gasteiger partial charge in [0.05, 0.1) is 0 Å². The van der Waals surface area contributed by atoms with Gasteiger partial charge in [0, 0.05) is 20.9 Å². The lowest BCUT2D eigenvalue weighted by Crippen LogP contribution is -2.29. The lowest BCUT2D eigenvalue weighted by molar-refractivity contribution is 0.260. The first-order valence-electron chi connectivity index (χ1n) is 5.55. The lowest BCUT2D eigenvalue weighted by atomic mass is 9.69. The van der Waals surface area contributed by atoms with Crippen LogP contribution in [-0.2, 0) is 0 Å². The Morgan fingerprint density at radius 2 is 1.53 bits per heavy atom. The van der Waals surface area contributed by atoms with Crippen molar-refractivity contribution < 1.29 is 0 Å². The van der Waals surface area contributed by atoms with Crippen LogP contribution in [-0.4, -0.2) is 0 Å². The van der Waals surface area contributed by atoms with Crippen LogP contribution in [0, 0.1) is 35.0 Å². The molecule has 0 aromatic heterocycles. The van der Waals surface area contributed by atoms with Gasteiger partial charge in [0.1, 0.15) is 0 Å². The van der Waals surface area contributed by atoms with E-state index in [1.54, 1.807) is 0 Å². The minimum Gasteiger partial charge on any atom is -0.119 e. The van der Waals surface area contributed by atoms with E-state index < -0.39 is 0 Å². The average molecular weight is 289 g/mol. The molecule has 1 aromatic carbocycles. The van der Waals surface area contributed by atoms with Crippen LogP contribution < -0.4 is 0 Å². The lowest BCUT2D eigenvalue weighted by Gasteiger charge is -2.32. The maximum absolute atomic E-state index is 5.56. The summed E-state index contributed by atoms with van der Waals surface area (Å²) in [5.74, 6) is 9.28. The fourth-order valence-corrected chi connectivity index (χ4v) is 1.36. The van der Waals surface area contributed by atoms with E-state index in [2.05, 4.69) is 47.5 Å². The van der Waals surface area contributed by atoms with Crippen LogP contribution in [0.2, 0.25) is 0 Å². The maximum Gasteiger partial charge on any atom is 0.0422 e. The van der Waals surface area contributed by atoms with E-state index in [-0.39, 0.29) is 10.8 Å². The monoisotopic (exact) mass is 288 g/mol. The molecule has 0 fully saturated rings. The highest BCUT2D eigenvalue weighted by molar-refractivity contribution is 9.10. The van der Waals surface area contributed by atoms with E-state index in [9.17, 15) is 0 Å². The molecule has 0 aliphatic carbocycles. The van der Waals surface area contributed by atoms with E-state index in [1.807, 2.05) is 38.1 Å². The van der Waals surface area contributed by atoms with Gasteiger partial charge in [-0.05, 0) is 52.0 Å². The zero-order valence-electron chi connectivity index (χ0n) is 10.8. The number of hydrogen-bond acceptors (Lipinski definition) is 0. The first kappa shape index (κ1) is 13.9. The van der Waals surface area contributed by atoms with E-state index in [4.69, 9.17) is 6.42 Å². The van der Waals surface area contributed by atoms with Gasteiger partial charge in [-0.15, -0.1) is 6.42 Å². The Morgan fingerprint density at radius 3 is 2.00 bits per heavy atom. The first-order valence-corrected chi connectivity index (χ1v) is 6.34. The average Bonchev–Trinajstić information content (AvgIpc) is 2.28. The van der Waals surface area contributed by atoms with Gasteiger partial charge in [0.25, 0.3) is 0 Å². The Morgan fingerprint density at radius 1 is 1.00 bits per heavy atom. The smallest absolute Gasteiger partial charge is 0.0422 e. The zero-order chi connectivity index (χ0) is 13.1. The SMILES string of the molecule is C#CC(C)(C)C(C)(C)C#Cc1ccc(Br)cc1. The second-order valence-electron chi connectivity index (χ2n) is 5.15. The summed E-state index contributed by atoms with van der Waals surface area (Å²) in [4.78, 5) is 0. The molecular weight excluding hydrogens is 272 g/mol. The van der Waals surface area contributed by atoms with Gasteiger partial charge in [-0.1, -0.05) is 33.7 Å². The molecule has 0 radical (unpaired) electrons. The van der Waals surface area contributed by atoms with Gasteiger partial charge in [-0.3, -0.25) is 0 Å². The van der Waals surface area contributed by atoms with Gasteiger partial charge < -0.3 is 0 Å². The van der Waals surface area contributed by atoms with Crippen molar-refractivity contribution in [3.8, 4) is 24.2 Å². The first-order chi connectivity index (χ1) is 7.78. The van der Waals surface area contributed by atoms with Crippen LogP contribution in [0.1, 0.15) is 33.3 Å². The second kappa shape index (κ2) is 4.99. The minimum atomic E-state index is -0.241. The van der Waals surface area contributed by atoms with Crippen molar-refractivity contribution in [2.45, 2.75) is 27.7 Å². The van der Waals surface area contributed by atoms with Crippen LogP contribution in [0.5, 0.6) is 0 Å². The molecule has 0 atom stereocenters. The summed E-state index contributed by atoms with van der Waals surface area (Å²) in [5.41, 5.74) is 0.554. The molecule has 1 rings (SSSR count). The van der Waals surface area contributed by atoms with Crippen molar-refractivity contribution in [2.75, 3.05) is 0 Å². The van der Waals surface area contributed by atoms with Gasteiger partial charge in [0.2, 0.25) is 0 Å². The van der Waals surface area contributed by atoms with Crippen molar-refractivity contribution in [1.29, 1.82) is 0 Å². The Balaban J connectivity index is 3.00. The summed E-state index contributed by atoms with van der Waals surface area (Å²) in [7, 11) is 0. The summed E-state index contributed by atoms with van der Waals surface area (Å²) in [6.07, 6.45) is 5.56. The zero-order valence-corrected chi connectivity index (χ0v) is 12.4. The van der Waals surface area contributed by atoms with Crippen LogP contribution >= 0.6 is 15.9 Å². The Hall–Kier alpha value is -1.18. The fourth-order valence-electron chi connectivity index (χ4n) is 1.10. The van der Waals surface area contributed by atoms with Crippen molar-refractivity contribution >= 4 is 15.9 Å². The van der Waals surface area contributed by atoms with Gasteiger partial charge in [0.15, 0.2) is 0 Å². The normalized spacial score (nSPS) is 11.3. The number of rotatable bonds is 1. The van der Waals surface area contributed by atoms with Crippen molar-refractivity contribution in [2.24, 2.45) is 10.8 Å². The van der Waals surface area contributed by atoms with E-state index >= 15 is 0 Å². The Bertz CT molecular complexity index is 487. The predicted molar refractivity (Wildman–Crippen MR) is 77.4 cm³/mol. The highest BCUT2D eigenvalue weighted by atomic mass is 79.9. The molecule has 0 bridgehead atoms. The number of terminal acetylenes is 1. The molecule has 0 saturated carbocycles. The maximum atomic E-state index is 5.56. The van der Waals surface area contributed by atoms with Crippen molar-refractivity contribution in [1.82, 2.24) is 0 Å². The van der Waals surface area contributed by atoms with Gasteiger partial charge in [-0.25, -0.2) is 0 Å². The summed E-state index contributed by atoms with van der Waals surface area (Å²) in [6.45, 7) is 8.25. The minimum absolute atomic E-state index is 0.213. The molecule has 0 spiro atoms. The Kier molecular flexibility index (Phi) is 4.07. The third-order valence-electron chi connectivity index (χ3n) is 3.29. The molecule has 1 heteroatoms. The van der Waals surface area contributed by atoms with E-state index in [1.165, 1.54) is 0 Å². The van der Waals surface area contributed by atoms with Gasteiger partial charge in [-0.2, -0.15) is 0 Å². The van der Waals surface area contributed by atoms with Crippen molar-refractivity contribution in [3.63, 3.8) is 0 Å². The molecule has 0 nitrogen and oxygen atoms in total. The molecule has 0 heterocycles. The number of hydrogen-bond donors (Lipinski definition) is 0. The highest BCUT2D eigenvalue weighted by Gasteiger charge is 2.33. The molecule has 0 saturated heterocycles. The van der Waals surface area contributed by atoms with E-state index in [0.717, 1.165) is 10.0 Å². The number of halogens is 1. The second-order valence-corrected chi connectivity index (χ2v) is 6.07. The fraction of sp³-hybridized carbons (Fsp3) is 0.375. The molecule has 0 amide bonds. The third-order valence-corrected chi connectivity index (χ3v) is 3.82. The Labute approximate surface area is 113 Å². The number of benzene rings is 1. The molecule has 17 heavy (non-hydrogen) atoms. The molecule has 1 aromatic rings. The molecular formula is C16H17Br. The van der Waals surface area contributed by atoms with Crippen LogP contribution in [0.4, 0.5) is 0 Å². The topological polar surface area (TPSA) is 0 Å². The standard InChI is InChI=1S/C16H17Br/c1-6-15(2,3)16(4,5)12-11-13-7-9-14(17)10-8-13/h1,7-10H,2-5H3. The van der Waals surface area contributed by atoms with Crippen LogP contribution in [0.25, 0.3) is 0 Å². The molecule has 0 aliphatic heterocycles. The molecule has 88 valence electrons. The van der Waals surface area contributed by atoms with Crippen molar-refractivity contribution in [3.05, 3.63) is 34.3 Å². The largest absolute Gasteiger partial charge is 0.119 e. The third kappa shape index (κ3) is 3.39. The molecule has 0 unspecified atom stereocenters.